The van der Waals surface area contributed by atoms with Crippen LogP contribution in [0.5, 0.6) is 0 Å². The van der Waals surface area contributed by atoms with Crippen molar-refractivity contribution in [2.45, 2.75) is 39.8 Å². The fraction of sp³-hybridized carbons (Fsp3) is 0.333. The number of carbonyl (C=O) groups is 1. The van der Waals surface area contributed by atoms with Crippen LogP contribution >= 0.6 is 11.6 Å². The first-order valence-electron chi connectivity index (χ1n) is 8.30. The SMILES string of the molecule is Cc1cc(C)n([C@@H](C)CC(=O)NCc2noc(-c3ccc(Cl)cc3)n2)n1. The van der Waals surface area contributed by atoms with E-state index in [0.717, 1.165) is 17.0 Å². The van der Waals surface area contributed by atoms with Crippen molar-refractivity contribution in [2.24, 2.45) is 0 Å². The number of halogens is 1. The van der Waals surface area contributed by atoms with Crippen molar-refractivity contribution in [3.8, 4) is 11.5 Å². The van der Waals surface area contributed by atoms with Gasteiger partial charge in [0, 0.05) is 22.7 Å². The van der Waals surface area contributed by atoms with E-state index in [2.05, 4.69) is 20.6 Å². The molecule has 0 fully saturated rings. The number of carbonyl (C=O) groups excluding carboxylic acids is 1. The highest BCUT2D eigenvalue weighted by Crippen LogP contribution is 2.19. The smallest absolute Gasteiger partial charge is 0.257 e. The van der Waals surface area contributed by atoms with Crippen LogP contribution in [-0.4, -0.2) is 25.8 Å². The summed E-state index contributed by atoms with van der Waals surface area (Å²) in [6, 6.07) is 9.07. The molecule has 136 valence electrons. The minimum Gasteiger partial charge on any atom is -0.349 e. The molecule has 0 spiro atoms. The van der Waals surface area contributed by atoms with Crippen LogP contribution in [0.1, 0.15) is 36.6 Å². The van der Waals surface area contributed by atoms with Gasteiger partial charge in [0.25, 0.3) is 5.89 Å². The minimum atomic E-state index is -0.0945. The van der Waals surface area contributed by atoms with Crippen LogP contribution in [0.15, 0.2) is 34.9 Å². The molecular formula is C18H20ClN5O2. The van der Waals surface area contributed by atoms with E-state index >= 15 is 0 Å². The highest BCUT2D eigenvalue weighted by atomic mass is 35.5. The number of nitrogens with zero attached hydrogens (tertiary/aromatic N) is 4. The lowest BCUT2D eigenvalue weighted by Crippen LogP contribution is -2.26. The summed E-state index contributed by atoms with van der Waals surface area (Å²) in [6.07, 6.45) is 0.323. The number of rotatable bonds is 6. The Labute approximate surface area is 156 Å². The van der Waals surface area contributed by atoms with Gasteiger partial charge in [-0.05, 0) is 51.1 Å². The Morgan fingerprint density at radius 3 is 2.69 bits per heavy atom. The Hall–Kier alpha value is -2.67. The summed E-state index contributed by atoms with van der Waals surface area (Å²) in [5, 5.41) is 11.8. The zero-order valence-corrected chi connectivity index (χ0v) is 15.6. The van der Waals surface area contributed by atoms with Crippen molar-refractivity contribution in [3.05, 3.63) is 52.6 Å². The minimum absolute atomic E-state index is 0.0291. The Bertz CT molecular complexity index is 901. The van der Waals surface area contributed by atoms with E-state index in [-0.39, 0.29) is 18.5 Å². The van der Waals surface area contributed by atoms with E-state index in [9.17, 15) is 4.79 Å². The molecule has 0 bridgehead atoms. The Morgan fingerprint density at radius 1 is 1.31 bits per heavy atom. The fourth-order valence-electron chi connectivity index (χ4n) is 2.73. The molecule has 1 amide bonds. The first kappa shape index (κ1) is 18.1. The molecule has 8 heteroatoms. The average Bonchev–Trinajstić information content (AvgIpc) is 3.20. The fourth-order valence-corrected chi connectivity index (χ4v) is 2.86. The van der Waals surface area contributed by atoms with Gasteiger partial charge in [0.15, 0.2) is 5.82 Å². The largest absolute Gasteiger partial charge is 0.349 e. The quantitative estimate of drug-likeness (QED) is 0.715. The van der Waals surface area contributed by atoms with Gasteiger partial charge in [0.2, 0.25) is 5.91 Å². The maximum absolute atomic E-state index is 12.2. The predicted molar refractivity (Wildman–Crippen MR) is 97.6 cm³/mol. The molecule has 0 radical (unpaired) electrons. The molecule has 2 aromatic heterocycles. The van der Waals surface area contributed by atoms with Crippen LogP contribution in [-0.2, 0) is 11.3 Å². The van der Waals surface area contributed by atoms with E-state index in [4.69, 9.17) is 16.1 Å². The van der Waals surface area contributed by atoms with E-state index in [1.54, 1.807) is 24.3 Å². The second-order valence-corrected chi connectivity index (χ2v) is 6.66. The third-order valence-electron chi connectivity index (χ3n) is 3.95. The van der Waals surface area contributed by atoms with Crippen LogP contribution < -0.4 is 5.32 Å². The molecule has 2 heterocycles. The van der Waals surface area contributed by atoms with Crippen LogP contribution in [0.25, 0.3) is 11.5 Å². The molecule has 0 saturated carbocycles. The monoisotopic (exact) mass is 373 g/mol. The molecule has 1 aromatic carbocycles. The number of hydrogen-bond acceptors (Lipinski definition) is 5. The highest BCUT2D eigenvalue weighted by molar-refractivity contribution is 6.30. The normalized spacial score (nSPS) is 12.2. The summed E-state index contributed by atoms with van der Waals surface area (Å²) in [5.41, 5.74) is 2.75. The molecule has 7 nitrogen and oxygen atoms in total. The van der Waals surface area contributed by atoms with Crippen molar-refractivity contribution in [3.63, 3.8) is 0 Å². The average molecular weight is 374 g/mol. The van der Waals surface area contributed by atoms with Gasteiger partial charge in [-0.25, -0.2) is 0 Å². The number of hydrogen-bond donors (Lipinski definition) is 1. The van der Waals surface area contributed by atoms with Gasteiger partial charge in [0.1, 0.15) is 0 Å². The lowest BCUT2D eigenvalue weighted by Gasteiger charge is -2.13. The molecule has 26 heavy (non-hydrogen) atoms. The van der Waals surface area contributed by atoms with Gasteiger partial charge in [-0.2, -0.15) is 10.1 Å². The second-order valence-electron chi connectivity index (χ2n) is 6.22. The van der Waals surface area contributed by atoms with Gasteiger partial charge in [-0.3, -0.25) is 9.48 Å². The van der Waals surface area contributed by atoms with Crippen molar-refractivity contribution >= 4 is 17.5 Å². The van der Waals surface area contributed by atoms with Gasteiger partial charge in [0.05, 0.1) is 18.3 Å². The first-order chi connectivity index (χ1) is 12.4. The number of aryl methyl sites for hydroxylation is 2. The van der Waals surface area contributed by atoms with Crippen molar-refractivity contribution in [1.29, 1.82) is 0 Å². The summed E-state index contributed by atoms with van der Waals surface area (Å²) in [7, 11) is 0. The van der Waals surface area contributed by atoms with Gasteiger partial charge in [-0.1, -0.05) is 16.8 Å². The van der Waals surface area contributed by atoms with Gasteiger partial charge in [-0.15, -0.1) is 0 Å². The predicted octanol–water partition coefficient (Wildman–Crippen LogP) is 3.47. The Kier molecular flexibility index (Phi) is 5.37. The van der Waals surface area contributed by atoms with Crippen molar-refractivity contribution in [1.82, 2.24) is 25.2 Å². The molecule has 3 aromatic rings. The summed E-state index contributed by atoms with van der Waals surface area (Å²) < 4.78 is 7.09. The van der Waals surface area contributed by atoms with Crippen molar-refractivity contribution < 1.29 is 9.32 Å². The summed E-state index contributed by atoms with van der Waals surface area (Å²) in [6.45, 7) is 6.09. The molecule has 1 atom stereocenters. The third kappa shape index (κ3) is 4.29. The van der Waals surface area contributed by atoms with E-state index in [1.165, 1.54) is 0 Å². The van der Waals surface area contributed by atoms with Crippen LogP contribution in [0.3, 0.4) is 0 Å². The van der Waals surface area contributed by atoms with Crippen molar-refractivity contribution in [2.75, 3.05) is 0 Å². The highest BCUT2D eigenvalue weighted by Gasteiger charge is 2.15. The number of amides is 1. The van der Waals surface area contributed by atoms with Crippen LogP contribution in [0, 0.1) is 13.8 Å². The number of benzene rings is 1. The zero-order valence-electron chi connectivity index (χ0n) is 14.9. The topological polar surface area (TPSA) is 85.8 Å². The van der Waals surface area contributed by atoms with E-state index in [0.29, 0.717) is 23.2 Å². The lowest BCUT2D eigenvalue weighted by atomic mass is 10.2. The maximum atomic E-state index is 12.2. The third-order valence-corrected chi connectivity index (χ3v) is 4.20. The van der Waals surface area contributed by atoms with E-state index in [1.807, 2.05) is 31.5 Å². The van der Waals surface area contributed by atoms with Crippen LogP contribution in [0.4, 0.5) is 0 Å². The number of nitrogens with one attached hydrogen (secondary N) is 1. The maximum Gasteiger partial charge on any atom is 0.257 e. The molecule has 0 saturated heterocycles. The van der Waals surface area contributed by atoms with Gasteiger partial charge < -0.3 is 9.84 Å². The molecule has 3 rings (SSSR count). The molecule has 0 aliphatic heterocycles. The molecule has 0 aliphatic rings. The second kappa shape index (κ2) is 7.70. The summed E-state index contributed by atoms with van der Waals surface area (Å²) in [5.74, 6) is 0.715. The Balaban J connectivity index is 1.55. The first-order valence-corrected chi connectivity index (χ1v) is 8.68. The van der Waals surface area contributed by atoms with Gasteiger partial charge >= 0.3 is 0 Å². The standard InChI is InChI=1S/C18H20ClN5O2/c1-11-8-12(2)24(22-11)13(3)9-17(25)20-10-16-21-18(26-23-16)14-4-6-15(19)7-5-14/h4-8,13H,9-10H2,1-3H3,(H,20,25)/t13-/m0/s1. The molecule has 1 N–H and O–H groups in total. The Morgan fingerprint density at radius 2 is 2.04 bits per heavy atom. The molecular weight excluding hydrogens is 354 g/mol. The molecule has 0 aliphatic carbocycles. The summed E-state index contributed by atoms with van der Waals surface area (Å²) in [4.78, 5) is 16.5. The lowest BCUT2D eigenvalue weighted by molar-refractivity contribution is -0.122. The summed E-state index contributed by atoms with van der Waals surface area (Å²) >= 11 is 5.87. The zero-order chi connectivity index (χ0) is 18.7. The molecule has 0 unspecified atom stereocenters. The number of aromatic nitrogens is 4. The van der Waals surface area contributed by atoms with E-state index < -0.39 is 0 Å². The van der Waals surface area contributed by atoms with Crippen LogP contribution in [0.2, 0.25) is 5.02 Å².